The first kappa shape index (κ1) is 47.8. The van der Waals surface area contributed by atoms with Crippen LogP contribution in [-0.4, -0.2) is 63.7 Å². The highest BCUT2D eigenvalue weighted by atomic mass is 35.5. The maximum absolute atomic E-state index is 14.6. The average Bonchev–Trinajstić information content (AvgIpc) is 3.77. The van der Waals surface area contributed by atoms with Crippen LogP contribution in [0.15, 0.2) is 71.6 Å². The number of nitrogens with one attached hydrogen (secondary N) is 2. The van der Waals surface area contributed by atoms with Gasteiger partial charge in [0.2, 0.25) is 11.8 Å². The molecule has 5 rings (SSSR count). The highest BCUT2D eigenvalue weighted by Gasteiger charge is 2.55. The summed E-state index contributed by atoms with van der Waals surface area (Å²) in [4.78, 5) is 57.3. The zero-order valence-corrected chi connectivity index (χ0v) is 37.7. The number of hydrogen-bond donors (Lipinski definition) is 2. The van der Waals surface area contributed by atoms with E-state index in [4.69, 9.17) is 21.1 Å². The molecule has 13 heteroatoms. The van der Waals surface area contributed by atoms with Crippen molar-refractivity contribution in [1.29, 1.82) is 0 Å². The van der Waals surface area contributed by atoms with Crippen LogP contribution in [0.2, 0.25) is 5.02 Å². The molecule has 1 fully saturated rings. The number of aryl methyl sites for hydroxylation is 1. The molecular weight excluding hydrogens is 814 g/mol. The highest BCUT2D eigenvalue weighted by molar-refractivity contribution is 7.92. The standard InChI is InChI=1S/C48H64ClN3O8S/c1-4-5-6-7-8-9-10-11-12-13-14-15-16-17-18-23-32-60-41-31-29-35(61(57,58)51-39-27-22-21-26-38(39)49)33-40(41)50-46(55)42(43-45(54)48(59-3)52(2)47(43)56)44(53)37-30-28-34-24-19-20-25-36(34)37/h19-22,24-27,29,31,33,37,42-43,48,51H,4-18,23,28,30,32H2,1-3H3,(H,50,55). The number of likely N-dealkylation sites (tertiary alicyclic amines) is 1. The molecule has 3 aromatic rings. The molecule has 1 heterocycles. The summed E-state index contributed by atoms with van der Waals surface area (Å²) in [5.74, 6) is -6.82. The third-order valence-corrected chi connectivity index (χ3v) is 13.7. The van der Waals surface area contributed by atoms with Crippen LogP contribution in [0.5, 0.6) is 5.75 Å². The summed E-state index contributed by atoms with van der Waals surface area (Å²) < 4.78 is 41.3. The van der Waals surface area contributed by atoms with Gasteiger partial charge in [0.15, 0.2) is 17.8 Å². The zero-order chi connectivity index (χ0) is 43.8. The van der Waals surface area contributed by atoms with E-state index in [1.807, 2.05) is 24.3 Å². The molecule has 3 aromatic carbocycles. The van der Waals surface area contributed by atoms with E-state index in [0.717, 1.165) is 41.7 Å². The lowest BCUT2D eigenvalue weighted by Gasteiger charge is -2.24. The SMILES string of the molecule is CCCCCCCCCCCCCCCCCCOc1ccc(S(=O)(=O)Nc2ccccc2Cl)cc1NC(=O)C(C(=O)C1CCc2ccccc21)C1C(=O)C(OC)N(C)C1=O. The molecule has 0 aromatic heterocycles. The van der Waals surface area contributed by atoms with Crippen molar-refractivity contribution in [1.82, 2.24) is 4.90 Å². The molecule has 1 aliphatic carbocycles. The number of unbranched alkanes of at least 4 members (excludes halogenated alkanes) is 15. The third-order valence-electron chi connectivity index (χ3n) is 12.0. The smallest absolute Gasteiger partial charge is 0.262 e. The number of rotatable bonds is 27. The number of carbonyl (C=O) groups excluding carboxylic acids is 4. The lowest BCUT2D eigenvalue weighted by molar-refractivity contribution is -0.144. The lowest BCUT2D eigenvalue weighted by Crippen LogP contribution is -2.43. The first-order chi connectivity index (χ1) is 29.5. The fraction of sp³-hybridized carbons (Fsp3) is 0.542. The molecule has 0 saturated carbocycles. The second-order valence-electron chi connectivity index (χ2n) is 16.5. The van der Waals surface area contributed by atoms with Gasteiger partial charge < -0.3 is 19.7 Å². The van der Waals surface area contributed by atoms with Crippen molar-refractivity contribution < 1.29 is 37.1 Å². The van der Waals surface area contributed by atoms with Crippen LogP contribution in [0.25, 0.3) is 0 Å². The molecule has 0 bridgehead atoms. The number of carbonyl (C=O) groups is 4. The van der Waals surface area contributed by atoms with Crippen molar-refractivity contribution >= 4 is 56.4 Å². The van der Waals surface area contributed by atoms with E-state index >= 15 is 0 Å². The predicted octanol–water partition coefficient (Wildman–Crippen LogP) is 10.3. The van der Waals surface area contributed by atoms with Crippen LogP contribution in [0.1, 0.15) is 133 Å². The van der Waals surface area contributed by atoms with Crippen molar-refractivity contribution in [3.8, 4) is 5.75 Å². The summed E-state index contributed by atoms with van der Waals surface area (Å²) in [6.45, 7) is 2.55. The molecule has 1 aliphatic heterocycles. The molecule has 61 heavy (non-hydrogen) atoms. The Morgan fingerprint density at radius 3 is 2.00 bits per heavy atom. The van der Waals surface area contributed by atoms with E-state index in [1.165, 1.54) is 115 Å². The number of anilines is 2. The summed E-state index contributed by atoms with van der Waals surface area (Å²) in [6, 6.07) is 17.9. The number of hydrogen-bond acceptors (Lipinski definition) is 8. The van der Waals surface area contributed by atoms with E-state index in [-0.39, 0.29) is 27.0 Å². The van der Waals surface area contributed by atoms with Crippen LogP contribution in [0, 0.1) is 11.8 Å². The van der Waals surface area contributed by atoms with E-state index in [2.05, 4.69) is 17.0 Å². The number of para-hydroxylation sites is 1. The van der Waals surface area contributed by atoms with Gasteiger partial charge in [-0.1, -0.05) is 151 Å². The minimum Gasteiger partial charge on any atom is -0.491 e. The van der Waals surface area contributed by atoms with Gasteiger partial charge in [0.1, 0.15) is 17.6 Å². The Morgan fingerprint density at radius 1 is 0.803 bits per heavy atom. The molecule has 2 amide bonds. The summed E-state index contributed by atoms with van der Waals surface area (Å²) in [5.41, 5.74) is 1.85. The summed E-state index contributed by atoms with van der Waals surface area (Å²) in [5, 5.41) is 2.93. The Morgan fingerprint density at radius 2 is 1.39 bits per heavy atom. The molecule has 4 unspecified atom stereocenters. The van der Waals surface area contributed by atoms with Crippen LogP contribution in [0.3, 0.4) is 0 Å². The van der Waals surface area contributed by atoms with Gasteiger partial charge in [0.25, 0.3) is 10.0 Å². The normalized spacial score (nSPS) is 18.0. The number of ether oxygens (including phenoxy) is 2. The topological polar surface area (TPSA) is 148 Å². The number of Topliss-reactive ketones (excluding diaryl/α,β-unsaturated/α-hetero) is 2. The second kappa shape index (κ2) is 23.8. The number of halogens is 1. The fourth-order valence-corrected chi connectivity index (χ4v) is 9.93. The Bertz CT molecular complexity index is 2060. The maximum atomic E-state index is 14.6. The number of amides is 2. The third kappa shape index (κ3) is 12.9. The summed E-state index contributed by atoms with van der Waals surface area (Å²) >= 11 is 6.27. The Labute approximate surface area is 367 Å². The van der Waals surface area contributed by atoms with Gasteiger partial charge in [0, 0.05) is 20.1 Å². The minimum atomic E-state index is -4.24. The number of sulfonamides is 1. The van der Waals surface area contributed by atoms with Crippen molar-refractivity contribution in [2.45, 2.75) is 140 Å². The van der Waals surface area contributed by atoms with Gasteiger partial charge in [-0.2, -0.15) is 0 Å². The largest absolute Gasteiger partial charge is 0.491 e. The molecule has 2 N–H and O–H groups in total. The van der Waals surface area contributed by atoms with Crippen molar-refractivity contribution in [3.05, 3.63) is 82.9 Å². The predicted molar refractivity (Wildman–Crippen MR) is 240 cm³/mol. The van der Waals surface area contributed by atoms with Crippen molar-refractivity contribution in [2.75, 3.05) is 30.8 Å². The van der Waals surface area contributed by atoms with Crippen molar-refractivity contribution in [3.63, 3.8) is 0 Å². The van der Waals surface area contributed by atoms with Crippen LogP contribution >= 0.6 is 11.6 Å². The van der Waals surface area contributed by atoms with Crippen molar-refractivity contribution in [2.24, 2.45) is 11.8 Å². The van der Waals surface area contributed by atoms with E-state index in [1.54, 1.807) is 18.2 Å². The monoisotopic (exact) mass is 877 g/mol. The number of nitrogens with zero attached hydrogens (tertiary/aromatic N) is 1. The quantitative estimate of drug-likeness (QED) is 0.0568. The fourth-order valence-electron chi connectivity index (χ4n) is 8.59. The van der Waals surface area contributed by atoms with Crippen LogP contribution < -0.4 is 14.8 Å². The molecule has 11 nitrogen and oxygen atoms in total. The first-order valence-corrected chi connectivity index (χ1v) is 24.1. The first-order valence-electron chi connectivity index (χ1n) is 22.3. The van der Waals surface area contributed by atoms with E-state index in [0.29, 0.717) is 19.4 Å². The zero-order valence-electron chi connectivity index (χ0n) is 36.1. The van der Waals surface area contributed by atoms with Crippen LogP contribution in [-0.2, 0) is 40.4 Å². The molecule has 4 atom stereocenters. The molecule has 332 valence electrons. The highest BCUT2D eigenvalue weighted by Crippen LogP contribution is 2.40. The maximum Gasteiger partial charge on any atom is 0.262 e. The molecule has 2 aliphatic rings. The van der Waals surface area contributed by atoms with Gasteiger partial charge in [-0.05, 0) is 60.7 Å². The number of fused-ring (bicyclic) bond motifs is 1. The lowest BCUT2D eigenvalue weighted by atomic mass is 9.79. The van der Waals surface area contributed by atoms with Gasteiger partial charge in [-0.15, -0.1) is 0 Å². The molecule has 0 radical (unpaired) electrons. The molecular formula is C48H64ClN3O8S. The number of ketones is 2. The summed E-state index contributed by atoms with van der Waals surface area (Å²) in [7, 11) is -1.56. The van der Waals surface area contributed by atoms with Gasteiger partial charge in [-0.3, -0.25) is 23.9 Å². The Hall–Kier alpha value is -4.26. The van der Waals surface area contributed by atoms with E-state index in [9.17, 15) is 27.6 Å². The minimum absolute atomic E-state index is 0.0253. The number of benzene rings is 3. The number of likely N-dealkylation sites (N-methyl/N-ethyl adjacent to an activating group) is 1. The average molecular weight is 879 g/mol. The van der Waals surface area contributed by atoms with Gasteiger partial charge in [0.05, 0.1) is 27.9 Å². The van der Waals surface area contributed by atoms with Crippen LogP contribution in [0.4, 0.5) is 11.4 Å². The second-order valence-corrected chi connectivity index (χ2v) is 18.6. The molecule has 0 spiro atoms. The molecule has 1 saturated heterocycles. The summed E-state index contributed by atoms with van der Waals surface area (Å²) in [6.07, 6.45) is 19.4. The Kier molecular flexibility index (Phi) is 18.7. The Balaban J connectivity index is 1.27. The van der Waals surface area contributed by atoms with Gasteiger partial charge >= 0.3 is 0 Å². The van der Waals surface area contributed by atoms with Gasteiger partial charge in [-0.25, -0.2) is 8.42 Å². The number of methoxy groups -OCH3 is 1. The van der Waals surface area contributed by atoms with E-state index < -0.39 is 57.4 Å².